The minimum Gasteiger partial charge on any atom is -0.449 e. The molecule has 84 valence electrons. The van der Waals surface area contributed by atoms with Crippen LogP contribution in [0.5, 0.6) is 0 Å². The molecule has 0 radical (unpaired) electrons. The molecule has 15 heavy (non-hydrogen) atoms. The number of oxazole rings is 1. The monoisotopic (exact) mass is 210 g/mol. The molecule has 0 amide bonds. The van der Waals surface area contributed by atoms with E-state index in [1.807, 2.05) is 0 Å². The van der Waals surface area contributed by atoms with Crippen molar-refractivity contribution in [3.05, 3.63) is 17.8 Å². The summed E-state index contributed by atoms with van der Waals surface area (Å²) in [5, 5.41) is 8.76. The van der Waals surface area contributed by atoms with Crippen LogP contribution in [0, 0.1) is 5.92 Å². The topological polar surface area (TPSA) is 49.5 Å². The van der Waals surface area contributed by atoms with Crippen molar-refractivity contribution >= 4 is 0 Å². The van der Waals surface area contributed by atoms with Crippen LogP contribution in [0.25, 0.3) is 0 Å². The molecule has 2 heterocycles. The van der Waals surface area contributed by atoms with Crippen molar-refractivity contribution in [2.24, 2.45) is 5.92 Å². The number of aromatic nitrogens is 1. The zero-order valence-corrected chi connectivity index (χ0v) is 9.15. The molecular weight excluding hydrogens is 192 g/mol. The van der Waals surface area contributed by atoms with Gasteiger partial charge in [-0.05, 0) is 25.9 Å². The fourth-order valence-corrected chi connectivity index (χ4v) is 2.11. The predicted octanol–water partition coefficient (Wildman–Crippen LogP) is 0.704. The highest BCUT2D eigenvalue weighted by molar-refractivity contribution is 4.98. The lowest BCUT2D eigenvalue weighted by atomic mass is 10.1. The molecule has 1 fully saturated rings. The smallest absolute Gasteiger partial charge is 0.194 e. The maximum atomic E-state index is 8.76. The summed E-state index contributed by atoms with van der Waals surface area (Å²) in [7, 11) is 2.15. The van der Waals surface area contributed by atoms with Gasteiger partial charge in [0.1, 0.15) is 6.26 Å². The fraction of sp³-hybridized carbons (Fsp3) is 0.727. The van der Waals surface area contributed by atoms with Gasteiger partial charge in [0.15, 0.2) is 5.89 Å². The summed E-state index contributed by atoms with van der Waals surface area (Å²) in [6.45, 7) is 2.45. The van der Waals surface area contributed by atoms with Gasteiger partial charge in [-0.15, -0.1) is 0 Å². The molecule has 1 aromatic rings. The van der Waals surface area contributed by atoms with Crippen LogP contribution in [0.3, 0.4) is 0 Å². The molecule has 1 aromatic heterocycles. The van der Waals surface area contributed by atoms with Crippen molar-refractivity contribution < 1.29 is 9.52 Å². The van der Waals surface area contributed by atoms with Crippen molar-refractivity contribution in [1.82, 2.24) is 9.88 Å². The Morgan fingerprint density at radius 3 is 3.20 bits per heavy atom. The Bertz CT molecular complexity index is 311. The van der Waals surface area contributed by atoms with E-state index in [0.29, 0.717) is 12.3 Å². The Balaban J connectivity index is 1.87. The molecule has 2 rings (SSSR count). The molecule has 1 saturated heterocycles. The number of aliphatic hydroxyl groups is 1. The van der Waals surface area contributed by atoms with E-state index in [1.165, 1.54) is 13.0 Å². The van der Waals surface area contributed by atoms with Gasteiger partial charge < -0.3 is 14.4 Å². The van der Waals surface area contributed by atoms with Crippen LogP contribution < -0.4 is 0 Å². The standard InChI is InChI=1S/C11H18N2O2/c1-13-4-2-9(7-13)6-11-12-10(3-5-14)8-15-11/h8-9,14H,2-7H2,1H3. The molecule has 4 heteroatoms. The predicted molar refractivity (Wildman–Crippen MR) is 56.6 cm³/mol. The van der Waals surface area contributed by atoms with Gasteiger partial charge in [-0.1, -0.05) is 0 Å². The van der Waals surface area contributed by atoms with Gasteiger partial charge in [0.25, 0.3) is 0 Å². The number of hydrogen-bond acceptors (Lipinski definition) is 4. The Morgan fingerprint density at radius 2 is 2.53 bits per heavy atom. The fourth-order valence-electron chi connectivity index (χ4n) is 2.11. The Kier molecular flexibility index (Phi) is 3.38. The molecule has 0 saturated carbocycles. The Hall–Kier alpha value is -0.870. The van der Waals surface area contributed by atoms with E-state index in [9.17, 15) is 0 Å². The molecule has 0 spiro atoms. The van der Waals surface area contributed by atoms with Crippen LogP contribution in [0.1, 0.15) is 18.0 Å². The summed E-state index contributed by atoms with van der Waals surface area (Å²) in [5.41, 5.74) is 0.860. The van der Waals surface area contributed by atoms with Gasteiger partial charge in [-0.2, -0.15) is 0 Å². The van der Waals surface area contributed by atoms with E-state index < -0.39 is 0 Å². The van der Waals surface area contributed by atoms with Crippen LogP contribution in [-0.4, -0.2) is 41.7 Å². The minimum atomic E-state index is 0.137. The van der Waals surface area contributed by atoms with E-state index in [-0.39, 0.29) is 6.61 Å². The van der Waals surface area contributed by atoms with E-state index in [2.05, 4.69) is 16.9 Å². The average molecular weight is 210 g/mol. The van der Waals surface area contributed by atoms with Crippen molar-refractivity contribution in [2.45, 2.75) is 19.3 Å². The summed E-state index contributed by atoms with van der Waals surface area (Å²) >= 11 is 0. The first-order chi connectivity index (χ1) is 7.28. The molecule has 4 nitrogen and oxygen atoms in total. The Labute approximate surface area is 89.9 Å². The van der Waals surface area contributed by atoms with Crippen LogP contribution in [0.15, 0.2) is 10.7 Å². The lowest BCUT2D eigenvalue weighted by molar-refractivity contribution is 0.298. The summed E-state index contributed by atoms with van der Waals surface area (Å²) < 4.78 is 5.37. The third kappa shape index (κ3) is 2.79. The Morgan fingerprint density at radius 1 is 1.67 bits per heavy atom. The van der Waals surface area contributed by atoms with Gasteiger partial charge >= 0.3 is 0 Å². The second-order valence-electron chi connectivity index (χ2n) is 4.33. The second-order valence-corrected chi connectivity index (χ2v) is 4.33. The largest absolute Gasteiger partial charge is 0.449 e. The quantitative estimate of drug-likeness (QED) is 0.795. The number of hydrogen-bond donors (Lipinski definition) is 1. The van der Waals surface area contributed by atoms with E-state index in [0.717, 1.165) is 24.6 Å². The molecule has 0 aliphatic carbocycles. The maximum absolute atomic E-state index is 8.76. The van der Waals surface area contributed by atoms with Crippen molar-refractivity contribution in [3.63, 3.8) is 0 Å². The first kappa shape index (κ1) is 10.6. The third-order valence-electron chi connectivity index (χ3n) is 2.92. The lowest BCUT2D eigenvalue weighted by Gasteiger charge is -2.07. The third-order valence-corrected chi connectivity index (χ3v) is 2.92. The van der Waals surface area contributed by atoms with Crippen molar-refractivity contribution in [2.75, 3.05) is 26.7 Å². The molecular formula is C11H18N2O2. The summed E-state index contributed by atoms with van der Waals surface area (Å²) in [6, 6.07) is 0. The van der Waals surface area contributed by atoms with E-state index >= 15 is 0 Å². The normalized spacial score (nSPS) is 22.4. The highest BCUT2D eigenvalue weighted by atomic mass is 16.3. The first-order valence-corrected chi connectivity index (χ1v) is 5.50. The first-order valence-electron chi connectivity index (χ1n) is 5.50. The number of aliphatic hydroxyl groups excluding tert-OH is 1. The van der Waals surface area contributed by atoms with Gasteiger partial charge in [-0.3, -0.25) is 0 Å². The van der Waals surface area contributed by atoms with Crippen LogP contribution in [-0.2, 0) is 12.8 Å². The molecule has 0 bridgehead atoms. The summed E-state index contributed by atoms with van der Waals surface area (Å²) in [6.07, 6.45) is 4.41. The summed E-state index contributed by atoms with van der Waals surface area (Å²) in [5.74, 6) is 1.49. The van der Waals surface area contributed by atoms with Crippen molar-refractivity contribution in [1.29, 1.82) is 0 Å². The zero-order valence-electron chi connectivity index (χ0n) is 9.15. The highest BCUT2D eigenvalue weighted by Gasteiger charge is 2.21. The number of nitrogens with zero attached hydrogens (tertiary/aromatic N) is 2. The average Bonchev–Trinajstić information content (AvgIpc) is 2.78. The van der Waals surface area contributed by atoms with Crippen molar-refractivity contribution in [3.8, 4) is 0 Å². The van der Waals surface area contributed by atoms with Gasteiger partial charge in [-0.25, -0.2) is 4.98 Å². The lowest BCUT2D eigenvalue weighted by Crippen LogP contribution is -2.15. The number of likely N-dealkylation sites (tertiary alicyclic amines) is 1. The molecule has 1 aliphatic rings. The van der Waals surface area contributed by atoms with E-state index in [4.69, 9.17) is 9.52 Å². The van der Waals surface area contributed by atoms with E-state index in [1.54, 1.807) is 6.26 Å². The van der Waals surface area contributed by atoms with Crippen LogP contribution in [0.2, 0.25) is 0 Å². The summed E-state index contributed by atoms with van der Waals surface area (Å²) in [4.78, 5) is 6.68. The minimum absolute atomic E-state index is 0.137. The second kappa shape index (κ2) is 4.77. The maximum Gasteiger partial charge on any atom is 0.194 e. The van der Waals surface area contributed by atoms with Crippen LogP contribution in [0.4, 0.5) is 0 Å². The van der Waals surface area contributed by atoms with Gasteiger partial charge in [0.05, 0.1) is 5.69 Å². The molecule has 1 aliphatic heterocycles. The number of rotatable bonds is 4. The van der Waals surface area contributed by atoms with Gasteiger partial charge in [0, 0.05) is 26.0 Å². The molecule has 0 aromatic carbocycles. The zero-order chi connectivity index (χ0) is 10.7. The highest BCUT2D eigenvalue weighted by Crippen LogP contribution is 2.19. The molecule has 1 unspecified atom stereocenters. The molecule has 1 N–H and O–H groups in total. The SMILES string of the molecule is CN1CCC(Cc2nc(CCO)co2)C1. The molecule has 1 atom stereocenters. The van der Waals surface area contributed by atoms with Crippen LogP contribution >= 0.6 is 0 Å². The van der Waals surface area contributed by atoms with Gasteiger partial charge in [0.2, 0.25) is 0 Å².